The van der Waals surface area contributed by atoms with Gasteiger partial charge in [-0.15, -0.1) is 0 Å². The molecule has 1 aromatic rings. The monoisotopic (exact) mass is 364 g/mol. The average Bonchev–Trinajstić information content (AvgIpc) is 2.46. The third-order valence-corrected chi connectivity index (χ3v) is 6.34. The Balaban J connectivity index is 2.67. The molecule has 0 saturated heterocycles. The SMILES string of the molecule is O=CCc1ccc(C(=O)NCCC(O)([P+](=O)O)P(=O)(O)O)cc1. The number of hydrogen-bond donors (Lipinski definition) is 5. The third kappa shape index (κ3) is 5.00. The van der Waals surface area contributed by atoms with Crippen molar-refractivity contribution in [1.82, 2.24) is 5.32 Å². The fraction of sp³-hybridized carbons (Fsp3) is 0.333. The Bertz CT molecular complexity index is 641. The second kappa shape index (κ2) is 7.88. The van der Waals surface area contributed by atoms with Gasteiger partial charge in [0.05, 0.1) is 6.42 Å². The van der Waals surface area contributed by atoms with Crippen molar-refractivity contribution in [3.63, 3.8) is 0 Å². The Morgan fingerprint density at radius 1 is 1.30 bits per heavy atom. The number of rotatable bonds is 8. The van der Waals surface area contributed by atoms with Crippen LogP contribution in [0.2, 0.25) is 0 Å². The first-order chi connectivity index (χ1) is 10.6. The maximum absolute atomic E-state index is 11.8. The predicted octanol–water partition coefficient (Wildman–Crippen LogP) is 0.106. The van der Waals surface area contributed by atoms with E-state index in [0.29, 0.717) is 11.8 Å². The highest BCUT2D eigenvalue weighted by molar-refractivity contribution is 7.66. The van der Waals surface area contributed by atoms with E-state index >= 15 is 0 Å². The van der Waals surface area contributed by atoms with Crippen molar-refractivity contribution in [3.8, 4) is 0 Å². The summed E-state index contributed by atoms with van der Waals surface area (Å²) in [7, 11) is -8.82. The van der Waals surface area contributed by atoms with Crippen molar-refractivity contribution in [3.05, 3.63) is 35.4 Å². The first-order valence-corrected chi connectivity index (χ1v) is 9.19. The van der Waals surface area contributed by atoms with Crippen LogP contribution in [0.3, 0.4) is 0 Å². The molecule has 1 aromatic carbocycles. The van der Waals surface area contributed by atoms with Crippen molar-refractivity contribution < 1.29 is 38.5 Å². The minimum absolute atomic E-state index is 0.209. The molecule has 1 rings (SSSR count). The molecule has 0 radical (unpaired) electrons. The van der Waals surface area contributed by atoms with E-state index in [1.54, 1.807) is 12.1 Å². The molecule has 0 saturated carbocycles. The highest BCUT2D eigenvalue weighted by atomic mass is 31.2. The molecule has 0 aromatic heterocycles. The van der Waals surface area contributed by atoms with Crippen LogP contribution in [0.5, 0.6) is 0 Å². The predicted molar refractivity (Wildman–Crippen MR) is 80.0 cm³/mol. The van der Waals surface area contributed by atoms with Gasteiger partial charge in [0, 0.05) is 18.5 Å². The summed E-state index contributed by atoms with van der Waals surface area (Å²) in [5.41, 5.74) is 0.942. The molecular formula is C12H16NO8P2+. The van der Waals surface area contributed by atoms with E-state index in [1.165, 1.54) is 12.1 Å². The normalized spacial score (nSPS) is 14.7. The van der Waals surface area contributed by atoms with Crippen LogP contribution in [0.25, 0.3) is 0 Å². The molecule has 0 aliphatic heterocycles. The fourth-order valence-corrected chi connectivity index (χ4v) is 3.28. The molecule has 0 fully saturated rings. The van der Waals surface area contributed by atoms with Crippen LogP contribution in [0, 0.1) is 0 Å². The summed E-state index contributed by atoms with van der Waals surface area (Å²) in [5, 5.41) is 8.80. The Morgan fingerprint density at radius 3 is 2.30 bits per heavy atom. The molecule has 1 amide bonds. The molecule has 126 valence electrons. The Kier molecular flexibility index (Phi) is 6.70. The smallest absolute Gasteiger partial charge is 0.352 e. The summed E-state index contributed by atoms with van der Waals surface area (Å²) < 4.78 is 22.1. The summed E-state index contributed by atoms with van der Waals surface area (Å²) in [5.74, 6) is -0.594. The summed E-state index contributed by atoms with van der Waals surface area (Å²) >= 11 is 0. The van der Waals surface area contributed by atoms with Crippen molar-refractivity contribution in [2.75, 3.05) is 6.54 Å². The highest BCUT2D eigenvalue weighted by Gasteiger charge is 2.62. The molecule has 0 aliphatic rings. The molecule has 5 N–H and O–H groups in total. The van der Waals surface area contributed by atoms with E-state index in [-0.39, 0.29) is 12.0 Å². The van der Waals surface area contributed by atoms with Gasteiger partial charge in [0.25, 0.3) is 5.91 Å². The Hall–Kier alpha value is -1.47. The van der Waals surface area contributed by atoms with Gasteiger partial charge in [-0.3, -0.25) is 9.36 Å². The molecule has 0 spiro atoms. The molecule has 0 aliphatic carbocycles. The average molecular weight is 364 g/mol. The minimum Gasteiger partial charge on any atom is -0.352 e. The van der Waals surface area contributed by atoms with Gasteiger partial charge in [0.2, 0.25) is 0 Å². The second-order valence-corrected chi connectivity index (χ2v) is 8.13. The molecule has 2 atom stereocenters. The van der Waals surface area contributed by atoms with E-state index in [2.05, 4.69) is 5.32 Å². The van der Waals surface area contributed by atoms with Gasteiger partial charge in [-0.2, -0.15) is 4.89 Å². The van der Waals surface area contributed by atoms with E-state index in [0.717, 1.165) is 0 Å². The third-order valence-electron chi connectivity index (χ3n) is 3.05. The number of hydrogen-bond acceptors (Lipinski definition) is 5. The van der Waals surface area contributed by atoms with Gasteiger partial charge < -0.3 is 25.0 Å². The number of amides is 1. The van der Waals surface area contributed by atoms with Crippen molar-refractivity contribution >= 4 is 27.8 Å². The zero-order valence-corrected chi connectivity index (χ0v) is 13.6. The second-order valence-electron chi connectivity index (χ2n) is 4.66. The topological polar surface area (TPSA) is 161 Å². The van der Waals surface area contributed by atoms with Crippen molar-refractivity contribution in [2.45, 2.75) is 17.9 Å². The Labute approximate surface area is 132 Å². The van der Waals surface area contributed by atoms with Crippen LogP contribution in [0.1, 0.15) is 22.3 Å². The van der Waals surface area contributed by atoms with Gasteiger partial charge in [0.15, 0.2) is 0 Å². The summed E-state index contributed by atoms with van der Waals surface area (Å²) in [6.07, 6.45) is 0.132. The first kappa shape index (κ1) is 19.6. The van der Waals surface area contributed by atoms with E-state index in [9.17, 15) is 23.8 Å². The number of carbonyl (C=O) groups excluding carboxylic acids is 2. The van der Waals surface area contributed by atoms with Gasteiger partial charge in [0.1, 0.15) is 6.29 Å². The first-order valence-electron chi connectivity index (χ1n) is 6.37. The summed E-state index contributed by atoms with van der Waals surface area (Å²) in [6.45, 7) is -0.418. The van der Waals surface area contributed by atoms with Gasteiger partial charge in [-0.1, -0.05) is 12.1 Å². The van der Waals surface area contributed by atoms with Crippen molar-refractivity contribution in [2.24, 2.45) is 0 Å². The van der Waals surface area contributed by atoms with Crippen LogP contribution >= 0.6 is 15.6 Å². The van der Waals surface area contributed by atoms with Crippen LogP contribution in [-0.2, 0) is 20.3 Å². The molecule has 2 unspecified atom stereocenters. The number of carbonyl (C=O) groups is 2. The number of aliphatic hydroxyl groups is 1. The lowest BCUT2D eigenvalue weighted by atomic mass is 10.1. The molecular weight excluding hydrogens is 348 g/mol. The molecule has 0 bridgehead atoms. The quantitative estimate of drug-likeness (QED) is 0.321. The van der Waals surface area contributed by atoms with Crippen molar-refractivity contribution in [1.29, 1.82) is 0 Å². The van der Waals surface area contributed by atoms with Crippen LogP contribution < -0.4 is 5.32 Å². The fourth-order valence-electron chi connectivity index (χ4n) is 1.69. The molecule has 0 heterocycles. The van der Waals surface area contributed by atoms with Gasteiger partial charge in [-0.25, -0.2) is 0 Å². The van der Waals surface area contributed by atoms with Crippen LogP contribution in [0.15, 0.2) is 24.3 Å². The maximum Gasteiger partial charge on any atom is 0.554 e. The lowest BCUT2D eigenvalue weighted by Gasteiger charge is -2.16. The number of nitrogens with one attached hydrogen (secondary N) is 1. The minimum atomic E-state index is -5.25. The van der Waals surface area contributed by atoms with Crippen LogP contribution in [-0.4, -0.2) is 43.6 Å². The van der Waals surface area contributed by atoms with Gasteiger partial charge in [-0.05, 0) is 22.3 Å². The zero-order valence-electron chi connectivity index (χ0n) is 11.8. The molecule has 11 heteroatoms. The van der Waals surface area contributed by atoms with E-state index < -0.39 is 39.6 Å². The van der Waals surface area contributed by atoms with E-state index in [1.807, 2.05) is 0 Å². The van der Waals surface area contributed by atoms with E-state index in [4.69, 9.17) is 14.7 Å². The molecule has 23 heavy (non-hydrogen) atoms. The lowest BCUT2D eigenvalue weighted by Crippen LogP contribution is -2.32. The largest absolute Gasteiger partial charge is 0.554 e. The van der Waals surface area contributed by atoms with Gasteiger partial charge >= 0.3 is 20.7 Å². The lowest BCUT2D eigenvalue weighted by molar-refractivity contribution is -0.107. The summed E-state index contributed by atoms with van der Waals surface area (Å²) in [4.78, 5) is 49.0. The standard InChI is InChI=1S/C12H15NO8P2/c14-8-5-9-1-3-10(4-2-9)11(15)13-7-6-12(16,22(17)18)23(19,20)21/h1-4,8,16H,5-7H2,(H3-,13,15,17,18,19,20,21)/p+1. The molecule has 9 nitrogen and oxygen atoms in total. The maximum atomic E-state index is 11.8. The Morgan fingerprint density at radius 2 is 1.87 bits per heavy atom. The number of aldehydes is 1. The summed E-state index contributed by atoms with van der Waals surface area (Å²) in [6, 6.07) is 6.05. The number of benzene rings is 1. The van der Waals surface area contributed by atoms with Crippen LogP contribution in [0.4, 0.5) is 0 Å². The zero-order chi connectivity index (χ0) is 17.7. The highest BCUT2D eigenvalue weighted by Crippen LogP contribution is 2.61.